The van der Waals surface area contributed by atoms with E-state index in [1.807, 2.05) is 43.3 Å². The Balaban J connectivity index is 1.38. The van der Waals surface area contributed by atoms with E-state index in [-0.39, 0.29) is 5.56 Å². The Labute approximate surface area is 176 Å². The van der Waals surface area contributed by atoms with Crippen molar-refractivity contribution >= 4 is 43.9 Å². The summed E-state index contributed by atoms with van der Waals surface area (Å²) in [5.74, 6) is 2.45. The van der Waals surface area contributed by atoms with Crippen LogP contribution < -0.4 is 10.1 Å². The third-order valence-electron chi connectivity index (χ3n) is 4.69. The van der Waals surface area contributed by atoms with Gasteiger partial charge in [-0.25, -0.2) is 4.98 Å². The van der Waals surface area contributed by atoms with E-state index in [0.29, 0.717) is 32.6 Å². The fraction of sp³-hybridized carbons (Fsp3) is 0.0476. The maximum absolute atomic E-state index is 12.8. The predicted molar refractivity (Wildman–Crippen MR) is 116 cm³/mol. The van der Waals surface area contributed by atoms with Crippen LogP contribution in [0.15, 0.2) is 62.4 Å². The van der Waals surface area contributed by atoms with Crippen molar-refractivity contribution in [3.8, 4) is 22.2 Å². The van der Waals surface area contributed by atoms with Gasteiger partial charge in [0.25, 0.3) is 5.56 Å². The topological polar surface area (TPSA) is 86.4 Å². The van der Waals surface area contributed by atoms with Crippen LogP contribution in [0.5, 0.6) is 0 Å². The molecule has 0 saturated carbocycles. The minimum absolute atomic E-state index is 0.229. The molecule has 0 fully saturated rings. The molecular formula is C21H12N4O3S2. The van der Waals surface area contributed by atoms with Gasteiger partial charge in [0.05, 0.1) is 22.0 Å². The van der Waals surface area contributed by atoms with Gasteiger partial charge >= 0.3 is 0 Å². The molecule has 0 spiro atoms. The molecule has 146 valence electrons. The Kier molecular flexibility index (Phi) is 3.74. The van der Waals surface area contributed by atoms with Gasteiger partial charge in [-0.2, -0.15) is 9.50 Å². The summed E-state index contributed by atoms with van der Waals surface area (Å²) in [6, 6.07) is 13.4. The first-order valence-electron chi connectivity index (χ1n) is 9.07. The van der Waals surface area contributed by atoms with Crippen molar-refractivity contribution in [3.05, 3.63) is 75.1 Å². The highest BCUT2D eigenvalue weighted by Gasteiger charge is 2.15. The molecule has 0 N–H and O–H groups in total. The molecule has 1 aromatic carbocycles. The van der Waals surface area contributed by atoms with E-state index in [0.717, 1.165) is 20.8 Å². The Bertz CT molecular complexity index is 1620. The summed E-state index contributed by atoms with van der Waals surface area (Å²) < 4.78 is 14.1. The molecule has 6 aromatic rings. The Morgan fingerprint density at radius 3 is 2.77 bits per heavy atom. The Morgan fingerprint density at radius 2 is 1.97 bits per heavy atom. The van der Waals surface area contributed by atoms with E-state index in [1.165, 1.54) is 15.9 Å². The lowest BCUT2D eigenvalue weighted by atomic mass is 10.2. The lowest BCUT2D eigenvalue weighted by molar-refractivity contribution is 0.535. The second-order valence-electron chi connectivity index (χ2n) is 6.62. The SMILES string of the molecule is Cc1occc1-c1nc2s/c(=C\c3ccc(-c4nc5ccccc5s4)o3)c(=O)n2n1. The van der Waals surface area contributed by atoms with Crippen LogP contribution in [0.25, 0.3) is 43.4 Å². The zero-order valence-electron chi connectivity index (χ0n) is 15.5. The third kappa shape index (κ3) is 2.71. The molecule has 0 amide bonds. The minimum atomic E-state index is -0.229. The number of furan rings is 2. The largest absolute Gasteiger partial charge is 0.469 e. The lowest BCUT2D eigenvalue weighted by Gasteiger charge is -1.89. The number of aryl methyl sites for hydroxylation is 1. The molecule has 0 unspecified atom stereocenters. The number of hydrogen-bond acceptors (Lipinski definition) is 8. The van der Waals surface area contributed by atoms with Crippen molar-refractivity contribution in [3.63, 3.8) is 0 Å². The number of hydrogen-bond donors (Lipinski definition) is 0. The molecule has 0 aliphatic rings. The highest BCUT2D eigenvalue weighted by atomic mass is 32.1. The van der Waals surface area contributed by atoms with E-state index in [4.69, 9.17) is 8.83 Å². The summed E-state index contributed by atoms with van der Waals surface area (Å²) in [4.78, 5) is 22.4. The van der Waals surface area contributed by atoms with E-state index >= 15 is 0 Å². The van der Waals surface area contributed by atoms with Gasteiger partial charge < -0.3 is 8.83 Å². The summed E-state index contributed by atoms with van der Waals surface area (Å²) in [7, 11) is 0. The van der Waals surface area contributed by atoms with Crippen LogP contribution in [0.3, 0.4) is 0 Å². The Hall–Kier alpha value is -3.56. The molecular weight excluding hydrogens is 420 g/mol. The lowest BCUT2D eigenvalue weighted by Crippen LogP contribution is -2.23. The van der Waals surface area contributed by atoms with Crippen LogP contribution in [0.4, 0.5) is 0 Å². The first kappa shape index (κ1) is 17.3. The van der Waals surface area contributed by atoms with Gasteiger partial charge in [0.2, 0.25) is 4.96 Å². The van der Waals surface area contributed by atoms with Gasteiger partial charge in [0.15, 0.2) is 16.6 Å². The Morgan fingerprint density at radius 1 is 1.07 bits per heavy atom. The van der Waals surface area contributed by atoms with Crippen molar-refractivity contribution in [1.29, 1.82) is 0 Å². The van der Waals surface area contributed by atoms with E-state index < -0.39 is 0 Å². The maximum atomic E-state index is 12.8. The van der Waals surface area contributed by atoms with Crippen molar-refractivity contribution in [2.24, 2.45) is 0 Å². The van der Waals surface area contributed by atoms with E-state index in [1.54, 1.807) is 29.7 Å². The molecule has 0 atom stereocenters. The van der Waals surface area contributed by atoms with Crippen LogP contribution in [-0.4, -0.2) is 19.6 Å². The summed E-state index contributed by atoms with van der Waals surface area (Å²) in [6.07, 6.45) is 3.29. The van der Waals surface area contributed by atoms with E-state index in [9.17, 15) is 4.79 Å². The van der Waals surface area contributed by atoms with Crippen LogP contribution in [0.1, 0.15) is 11.5 Å². The predicted octanol–water partition coefficient (Wildman–Crippen LogP) is 4.14. The zero-order valence-corrected chi connectivity index (χ0v) is 17.2. The number of aromatic nitrogens is 4. The van der Waals surface area contributed by atoms with Crippen LogP contribution in [0.2, 0.25) is 0 Å². The fourth-order valence-corrected chi connectivity index (χ4v) is 5.03. The molecule has 7 nitrogen and oxygen atoms in total. The smallest absolute Gasteiger partial charge is 0.291 e. The van der Waals surface area contributed by atoms with Crippen molar-refractivity contribution in [2.75, 3.05) is 0 Å². The second-order valence-corrected chi connectivity index (χ2v) is 8.66. The monoisotopic (exact) mass is 432 g/mol. The van der Waals surface area contributed by atoms with Gasteiger partial charge in [0.1, 0.15) is 16.1 Å². The molecule has 6 rings (SSSR count). The standard InChI is InChI=1S/C21H12N4O3S2/c1-11-13(8-9-27-11)18-23-21-25(24-18)20(26)17(30-21)10-12-6-7-15(28-12)19-22-14-4-2-3-5-16(14)29-19/h2-10H,1H3/b17-10-. The van der Waals surface area contributed by atoms with Gasteiger partial charge in [0, 0.05) is 6.08 Å². The van der Waals surface area contributed by atoms with Crippen molar-refractivity contribution in [2.45, 2.75) is 6.92 Å². The van der Waals surface area contributed by atoms with Gasteiger partial charge in [-0.05, 0) is 37.3 Å². The third-order valence-corrected chi connectivity index (χ3v) is 6.70. The molecule has 0 aliphatic carbocycles. The van der Waals surface area contributed by atoms with Gasteiger partial charge in [-0.15, -0.1) is 16.4 Å². The molecule has 0 radical (unpaired) electrons. The van der Waals surface area contributed by atoms with Gasteiger partial charge in [-0.3, -0.25) is 4.79 Å². The summed E-state index contributed by atoms with van der Waals surface area (Å²) in [6.45, 7) is 1.84. The number of benzene rings is 1. The first-order chi connectivity index (χ1) is 14.7. The molecule has 30 heavy (non-hydrogen) atoms. The zero-order chi connectivity index (χ0) is 20.2. The van der Waals surface area contributed by atoms with Crippen LogP contribution in [0, 0.1) is 6.92 Å². The quantitative estimate of drug-likeness (QED) is 0.418. The molecule has 9 heteroatoms. The minimum Gasteiger partial charge on any atom is -0.469 e. The number of thiazole rings is 2. The first-order valence-corrected chi connectivity index (χ1v) is 10.7. The van der Waals surface area contributed by atoms with Crippen LogP contribution >= 0.6 is 22.7 Å². The average Bonchev–Trinajstić information content (AvgIpc) is 3.53. The summed E-state index contributed by atoms with van der Waals surface area (Å²) in [5, 5.41) is 5.15. The van der Waals surface area contributed by atoms with Crippen LogP contribution in [-0.2, 0) is 0 Å². The molecule has 5 aromatic heterocycles. The molecule has 0 bridgehead atoms. The molecule has 0 saturated heterocycles. The number of nitrogens with zero attached hydrogens (tertiary/aromatic N) is 4. The summed E-state index contributed by atoms with van der Waals surface area (Å²) in [5.41, 5.74) is 1.49. The fourth-order valence-electron chi connectivity index (χ4n) is 3.22. The highest BCUT2D eigenvalue weighted by Crippen LogP contribution is 2.31. The van der Waals surface area contributed by atoms with Crippen molar-refractivity contribution in [1.82, 2.24) is 19.6 Å². The normalized spacial score (nSPS) is 12.5. The van der Waals surface area contributed by atoms with E-state index in [2.05, 4.69) is 15.1 Å². The van der Waals surface area contributed by atoms with Gasteiger partial charge in [-0.1, -0.05) is 23.5 Å². The second kappa shape index (κ2) is 6.48. The number of rotatable bonds is 3. The maximum Gasteiger partial charge on any atom is 0.291 e. The summed E-state index contributed by atoms with van der Waals surface area (Å²) >= 11 is 2.84. The number of fused-ring (bicyclic) bond motifs is 2. The number of para-hydroxylation sites is 1. The average molecular weight is 432 g/mol. The molecule has 0 aliphatic heterocycles. The highest BCUT2D eigenvalue weighted by molar-refractivity contribution is 7.21. The van der Waals surface area contributed by atoms with Crippen molar-refractivity contribution < 1.29 is 8.83 Å². The molecule has 5 heterocycles.